The first-order valence-electron chi connectivity index (χ1n) is 7.03. The van der Waals surface area contributed by atoms with Crippen LogP contribution in [-0.4, -0.2) is 44.2 Å². The minimum Gasteiger partial charge on any atom is -0.485 e. The molecule has 0 bridgehead atoms. The molecule has 1 aromatic rings. The van der Waals surface area contributed by atoms with Gasteiger partial charge in [-0.2, -0.15) is 0 Å². The predicted octanol–water partition coefficient (Wildman–Crippen LogP) is 1.88. The summed E-state index contributed by atoms with van der Waals surface area (Å²) in [6.45, 7) is 1.01. The summed E-state index contributed by atoms with van der Waals surface area (Å²) in [6.07, 6.45) is 1.77. The van der Waals surface area contributed by atoms with Gasteiger partial charge in [0.1, 0.15) is 11.9 Å². The Hall–Kier alpha value is -1.53. The third-order valence-electron chi connectivity index (χ3n) is 3.77. The number of amides is 1. The molecule has 0 saturated carbocycles. The normalized spacial score (nSPS) is 23.3. The molecular weight excluding hydrogens is 326 g/mol. The van der Waals surface area contributed by atoms with E-state index in [-0.39, 0.29) is 30.1 Å². The Labute approximate surface area is 134 Å². The van der Waals surface area contributed by atoms with E-state index in [4.69, 9.17) is 16.3 Å². The highest BCUT2D eigenvalue weighted by atomic mass is 35.5. The van der Waals surface area contributed by atoms with Crippen molar-refractivity contribution >= 4 is 27.3 Å². The number of allylic oxidation sites excluding steroid dienone is 1. The topological polar surface area (TPSA) is 63.7 Å². The van der Waals surface area contributed by atoms with Gasteiger partial charge in [0, 0.05) is 17.7 Å². The number of likely N-dealkylation sites (tertiary alicyclic amines) is 1. The number of sulfone groups is 1. The minimum atomic E-state index is -3.10. The van der Waals surface area contributed by atoms with Crippen LogP contribution in [0.5, 0.6) is 5.75 Å². The Kier molecular flexibility index (Phi) is 4.14. The molecule has 22 heavy (non-hydrogen) atoms. The van der Waals surface area contributed by atoms with Gasteiger partial charge in [-0.05, 0) is 12.1 Å². The monoisotopic (exact) mass is 341 g/mol. The van der Waals surface area contributed by atoms with Gasteiger partial charge in [0.25, 0.3) is 0 Å². The van der Waals surface area contributed by atoms with Crippen LogP contribution < -0.4 is 4.74 Å². The van der Waals surface area contributed by atoms with Crippen LogP contribution in [0.15, 0.2) is 35.7 Å². The average molecular weight is 342 g/mol. The van der Waals surface area contributed by atoms with E-state index in [2.05, 4.69) is 0 Å². The number of ether oxygens (including phenoxy) is 1. The van der Waals surface area contributed by atoms with Gasteiger partial charge >= 0.3 is 0 Å². The minimum absolute atomic E-state index is 0.0339. The lowest BCUT2D eigenvalue weighted by Crippen LogP contribution is -2.56. The quantitative estimate of drug-likeness (QED) is 0.838. The summed E-state index contributed by atoms with van der Waals surface area (Å²) < 4.78 is 28.4. The number of para-hydroxylation sites is 1. The molecule has 2 heterocycles. The Balaban J connectivity index is 1.46. The summed E-state index contributed by atoms with van der Waals surface area (Å²) in [5.74, 6) is 0.407. The first-order valence-corrected chi connectivity index (χ1v) is 9.12. The zero-order valence-corrected chi connectivity index (χ0v) is 13.4. The van der Waals surface area contributed by atoms with E-state index < -0.39 is 9.84 Å². The first-order chi connectivity index (χ1) is 10.4. The Morgan fingerprint density at radius 2 is 2.05 bits per heavy atom. The van der Waals surface area contributed by atoms with E-state index in [0.717, 1.165) is 0 Å². The van der Waals surface area contributed by atoms with Gasteiger partial charge in [0.2, 0.25) is 5.91 Å². The van der Waals surface area contributed by atoms with Crippen molar-refractivity contribution in [3.8, 4) is 5.75 Å². The van der Waals surface area contributed by atoms with E-state index in [1.165, 1.54) is 5.41 Å². The molecular formula is C15H16ClNO4S. The van der Waals surface area contributed by atoms with E-state index >= 15 is 0 Å². The van der Waals surface area contributed by atoms with Gasteiger partial charge < -0.3 is 9.64 Å². The molecule has 0 unspecified atom stereocenters. The second-order valence-corrected chi connectivity index (χ2v) is 7.93. The highest BCUT2D eigenvalue weighted by Crippen LogP contribution is 2.27. The fourth-order valence-electron chi connectivity index (χ4n) is 2.56. The van der Waals surface area contributed by atoms with E-state index in [1.807, 2.05) is 12.1 Å². The highest BCUT2D eigenvalue weighted by molar-refractivity contribution is 7.94. The van der Waals surface area contributed by atoms with Crippen LogP contribution in [0.25, 0.3) is 0 Å². The second kappa shape index (κ2) is 5.93. The van der Waals surface area contributed by atoms with Crippen molar-refractivity contribution < 1.29 is 17.9 Å². The zero-order valence-electron chi connectivity index (χ0n) is 11.8. The summed E-state index contributed by atoms with van der Waals surface area (Å²) in [7, 11) is -3.10. The molecule has 0 aromatic heterocycles. The van der Waals surface area contributed by atoms with E-state index in [1.54, 1.807) is 23.1 Å². The molecule has 3 rings (SSSR count). The summed E-state index contributed by atoms with van der Waals surface area (Å²) in [4.78, 5) is 13.8. The maximum absolute atomic E-state index is 12.1. The smallest absolute Gasteiger partial charge is 0.223 e. The lowest BCUT2D eigenvalue weighted by atomic mass is 10.0. The molecule has 0 N–H and O–H groups in total. The van der Waals surface area contributed by atoms with Crippen molar-refractivity contribution in [1.29, 1.82) is 0 Å². The van der Waals surface area contributed by atoms with Crippen LogP contribution in [0.3, 0.4) is 0 Å². The molecule has 1 saturated heterocycles. The second-order valence-electron chi connectivity index (χ2n) is 5.59. The third-order valence-corrected chi connectivity index (χ3v) is 5.55. The van der Waals surface area contributed by atoms with Gasteiger partial charge in [-0.25, -0.2) is 8.42 Å². The predicted molar refractivity (Wildman–Crippen MR) is 83.5 cm³/mol. The number of benzene rings is 1. The SMILES string of the molecule is O=C(C[C@@H]1C=CS(=O)(=O)C1)N1CC(Oc2ccccc2Cl)C1. The van der Waals surface area contributed by atoms with Crippen LogP contribution in [-0.2, 0) is 14.6 Å². The molecule has 1 aromatic carbocycles. The van der Waals surface area contributed by atoms with Crippen molar-refractivity contribution in [3.05, 3.63) is 40.8 Å². The molecule has 5 nitrogen and oxygen atoms in total. The fraction of sp³-hybridized carbons (Fsp3) is 0.400. The number of nitrogens with zero attached hydrogens (tertiary/aromatic N) is 1. The third kappa shape index (κ3) is 3.44. The standard InChI is InChI=1S/C15H16ClNO4S/c16-13-3-1-2-4-14(13)21-12-8-17(9-12)15(18)7-11-5-6-22(19,20)10-11/h1-6,11-12H,7-10H2/t11-/m0/s1. The molecule has 2 aliphatic heterocycles. The Morgan fingerprint density at radius 1 is 1.32 bits per heavy atom. The number of rotatable bonds is 4. The number of carbonyl (C=O) groups excluding carboxylic acids is 1. The van der Waals surface area contributed by atoms with Gasteiger partial charge in [0.05, 0.1) is 23.9 Å². The maximum Gasteiger partial charge on any atom is 0.223 e. The summed E-state index contributed by atoms with van der Waals surface area (Å²) >= 11 is 6.02. The van der Waals surface area contributed by atoms with Gasteiger partial charge in [-0.1, -0.05) is 29.8 Å². The molecule has 0 spiro atoms. The lowest BCUT2D eigenvalue weighted by molar-refractivity contribution is -0.140. The van der Waals surface area contributed by atoms with E-state index in [9.17, 15) is 13.2 Å². The van der Waals surface area contributed by atoms with Crippen LogP contribution in [0, 0.1) is 5.92 Å². The molecule has 7 heteroatoms. The Morgan fingerprint density at radius 3 is 2.68 bits per heavy atom. The van der Waals surface area contributed by atoms with Crippen molar-refractivity contribution in [1.82, 2.24) is 4.90 Å². The summed E-state index contributed by atoms with van der Waals surface area (Å²) in [6, 6.07) is 7.22. The lowest BCUT2D eigenvalue weighted by Gasteiger charge is -2.39. The zero-order chi connectivity index (χ0) is 15.7. The molecule has 0 radical (unpaired) electrons. The molecule has 1 fully saturated rings. The van der Waals surface area contributed by atoms with Crippen molar-refractivity contribution in [2.24, 2.45) is 5.92 Å². The summed E-state index contributed by atoms with van der Waals surface area (Å²) in [5.41, 5.74) is 0. The molecule has 1 atom stereocenters. The van der Waals surface area contributed by atoms with Crippen LogP contribution in [0.2, 0.25) is 5.02 Å². The van der Waals surface area contributed by atoms with E-state index in [0.29, 0.717) is 23.9 Å². The van der Waals surface area contributed by atoms with Crippen molar-refractivity contribution in [2.75, 3.05) is 18.8 Å². The maximum atomic E-state index is 12.1. The molecule has 2 aliphatic rings. The summed E-state index contributed by atoms with van der Waals surface area (Å²) in [5, 5.41) is 1.75. The molecule has 1 amide bonds. The molecule has 118 valence electrons. The van der Waals surface area contributed by atoms with Crippen LogP contribution in [0.1, 0.15) is 6.42 Å². The first kappa shape index (κ1) is 15.4. The number of hydrogen-bond acceptors (Lipinski definition) is 4. The van der Waals surface area contributed by atoms with Crippen molar-refractivity contribution in [3.63, 3.8) is 0 Å². The van der Waals surface area contributed by atoms with Crippen molar-refractivity contribution in [2.45, 2.75) is 12.5 Å². The molecule has 0 aliphatic carbocycles. The fourth-order valence-corrected chi connectivity index (χ4v) is 4.14. The average Bonchev–Trinajstić information content (AvgIpc) is 2.74. The number of halogens is 1. The van der Waals surface area contributed by atoms with Gasteiger partial charge in [0.15, 0.2) is 9.84 Å². The van der Waals surface area contributed by atoms with Gasteiger partial charge in [-0.15, -0.1) is 0 Å². The van der Waals surface area contributed by atoms with Crippen LogP contribution >= 0.6 is 11.6 Å². The largest absolute Gasteiger partial charge is 0.485 e. The van der Waals surface area contributed by atoms with Crippen LogP contribution in [0.4, 0.5) is 0 Å². The number of hydrogen-bond donors (Lipinski definition) is 0. The number of carbonyl (C=O) groups is 1. The Bertz CT molecular complexity index is 710. The van der Waals surface area contributed by atoms with Gasteiger partial charge in [-0.3, -0.25) is 4.79 Å². The highest BCUT2D eigenvalue weighted by Gasteiger charge is 2.34.